The molecule has 2 aromatic heterocycles. The van der Waals surface area contributed by atoms with Gasteiger partial charge in [-0.25, -0.2) is 0 Å². The van der Waals surface area contributed by atoms with Gasteiger partial charge in [0, 0.05) is 36.1 Å². The molecule has 0 radical (unpaired) electrons. The molecule has 34 heavy (non-hydrogen) atoms. The van der Waals surface area contributed by atoms with E-state index in [4.69, 9.17) is 0 Å². The van der Waals surface area contributed by atoms with E-state index in [0.717, 1.165) is 23.9 Å². The van der Waals surface area contributed by atoms with Crippen LogP contribution >= 0.6 is 23.1 Å². The number of nitrogens with one attached hydrogen (secondary N) is 2. The number of aromatic nitrogens is 3. The number of nitrogens with zero attached hydrogens (tertiary/aromatic N) is 3. The lowest BCUT2D eigenvalue weighted by Gasteiger charge is -2.10. The SMILES string of the molecule is CC(=O)Nc1ccc(NC(=O)CSc2nnc(Cc3cccs3)n2CCc2ccccc2)cc1. The first-order valence-corrected chi connectivity index (χ1v) is 12.7. The summed E-state index contributed by atoms with van der Waals surface area (Å²) in [4.78, 5) is 24.9. The minimum Gasteiger partial charge on any atom is -0.326 e. The summed E-state index contributed by atoms with van der Waals surface area (Å²) in [6.07, 6.45) is 1.57. The number of rotatable bonds is 10. The Kier molecular flexibility index (Phi) is 8.11. The maximum Gasteiger partial charge on any atom is 0.234 e. The molecule has 0 aliphatic carbocycles. The Morgan fingerprint density at radius 1 is 0.941 bits per heavy atom. The highest BCUT2D eigenvalue weighted by molar-refractivity contribution is 7.99. The second kappa shape index (κ2) is 11.6. The van der Waals surface area contributed by atoms with Gasteiger partial charge in [0.25, 0.3) is 0 Å². The van der Waals surface area contributed by atoms with Gasteiger partial charge in [-0.2, -0.15) is 0 Å². The minimum atomic E-state index is -0.136. The van der Waals surface area contributed by atoms with Crippen LogP contribution in [0.25, 0.3) is 0 Å². The Morgan fingerprint density at radius 3 is 2.35 bits per heavy atom. The highest BCUT2D eigenvalue weighted by atomic mass is 32.2. The minimum absolute atomic E-state index is 0.130. The van der Waals surface area contributed by atoms with Crippen molar-refractivity contribution in [1.82, 2.24) is 14.8 Å². The van der Waals surface area contributed by atoms with Crippen molar-refractivity contribution in [2.45, 2.75) is 31.5 Å². The number of carbonyl (C=O) groups excluding carboxylic acids is 2. The summed E-state index contributed by atoms with van der Waals surface area (Å²) in [5.41, 5.74) is 2.60. The zero-order valence-electron chi connectivity index (χ0n) is 18.7. The van der Waals surface area contributed by atoms with Crippen molar-refractivity contribution < 1.29 is 9.59 Å². The van der Waals surface area contributed by atoms with Crippen LogP contribution in [0.5, 0.6) is 0 Å². The molecule has 0 fully saturated rings. The summed E-state index contributed by atoms with van der Waals surface area (Å²) in [6, 6.07) is 21.5. The monoisotopic (exact) mass is 491 g/mol. The van der Waals surface area contributed by atoms with Crippen molar-refractivity contribution in [3.63, 3.8) is 0 Å². The Hall–Kier alpha value is -3.43. The molecule has 7 nitrogen and oxygen atoms in total. The number of anilines is 2. The Balaban J connectivity index is 1.40. The highest BCUT2D eigenvalue weighted by Crippen LogP contribution is 2.22. The fourth-order valence-electron chi connectivity index (χ4n) is 3.40. The maximum atomic E-state index is 12.5. The fourth-order valence-corrected chi connectivity index (χ4v) is 4.89. The van der Waals surface area contributed by atoms with E-state index in [1.165, 1.54) is 29.1 Å². The van der Waals surface area contributed by atoms with Crippen LogP contribution in [-0.2, 0) is 29.0 Å². The number of amides is 2. The van der Waals surface area contributed by atoms with Crippen LogP contribution in [0.2, 0.25) is 0 Å². The molecule has 0 saturated heterocycles. The number of benzene rings is 2. The van der Waals surface area contributed by atoms with E-state index in [1.807, 2.05) is 24.3 Å². The lowest BCUT2D eigenvalue weighted by molar-refractivity contribution is -0.114. The molecular formula is C25H25N5O2S2. The molecule has 4 aromatic rings. The first kappa shape index (κ1) is 23.7. The van der Waals surface area contributed by atoms with E-state index in [2.05, 4.69) is 49.0 Å². The van der Waals surface area contributed by atoms with Gasteiger partial charge in [-0.3, -0.25) is 9.59 Å². The normalized spacial score (nSPS) is 10.7. The summed E-state index contributed by atoms with van der Waals surface area (Å²) < 4.78 is 2.12. The van der Waals surface area contributed by atoms with E-state index in [1.54, 1.807) is 35.6 Å². The molecule has 0 bridgehead atoms. The van der Waals surface area contributed by atoms with Gasteiger partial charge >= 0.3 is 0 Å². The Labute approximate surface area is 206 Å². The molecule has 174 valence electrons. The molecule has 0 aliphatic heterocycles. The first-order chi connectivity index (χ1) is 16.6. The average molecular weight is 492 g/mol. The summed E-state index contributed by atoms with van der Waals surface area (Å²) in [6.45, 7) is 2.20. The van der Waals surface area contributed by atoms with Crippen molar-refractivity contribution in [2.24, 2.45) is 0 Å². The van der Waals surface area contributed by atoms with Gasteiger partial charge in [-0.05, 0) is 47.7 Å². The zero-order valence-corrected chi connectivity index (χ0v) is 20.4. The van der Waals surface area contributed by atoms with Crippen LogP contribution in [0.4, 0.5) is 11.4 Å². The molecule has 4 rings (SSSR count). The third-order valence-electron chi connectivity index (χ3n) is 4.99. The van der Waals surface area contributed by atoms with Gasteiger partial charge < -0.3 is 15.2 Å². The molecule has 2 N–H and O–H groups in total. The number of thioether (sulfide) groups is 1. The van der Waals surface area contributed by atoms with Gasteiger partial charge in [0.05, 0.1) is 5.75 Å². The lowest BCUT2D eigenvalue weighted by atomic mass is 10.1. The lowest BCUT2D eigenvalue weighted by Crippen LogP contribution is -2.15. The van der Waals surface area contributed by atoms with Crippen LogP contribution in [0.15, 0.2) is 77.3 Å². The van der Waals surface area contributed by atoms with E-state index in [-0.39, 0.29) is 17.6 Å². The largest absolute Gasteiger partial charge is 0.326 e. The molecule has 0 saturated carbocycles. The number of hydrogen-bond acceptors (Lipinski definition) is 6. The van der Waals surface area contributed by atoms with Gasteiger partial charge in [-0.1, -0.05) is 48.2 Å². The number of carbonyl (C=O) groups is 2. The van der Waals surface area contributed by atoms with Gasteiger partial charge in [-0.15, -0.1) is 21.5 Å². The van der Waals surface area contributed by atoms with Crippen LogP contribution in [0.3, 0.4) is 0 Å². The van der Waals surface area contributed by atoms with E-state index < -0.39 is 0 Å². The molecular weight excluding hydrogens is 466 g/mol. The summed E-state index contributed by atoms with van der Waals surface area (Å²) in [7, 11) is 0. The van der Waals surface area contributed by atoms with Crippen molar-refractivity contribution in [3.05, 3.63) is 88.4 Å². The summed E-state index contributed by atoms with van der Waals surface area (Å²) in [5.74, 6) is 0.850. The summed E-state index contributed by atoms with van der Waals surface area (Å²) in [5, 5.41) is 17.2. The standard InChI is InChI=1S/C25H25N5O2S2/c1-18(31)26-20-9-11-21(12-10-20)27-24(32)17-34-25-29-28-23(16-22-8-5-15-33-22)30(25)14-13-19-6-3-2-4-7-19/h2-12,15H,13-14,16-17H2,1H3,(H,26,31)(H,27,32). The second-order valence-corrected chi connectivity index (χ2v) is 9.61. The van der Waals surface area contributed by atoms with Crippen molar-refractivity contribution in [3.8, 4) is 0 Å². The van der Waals surface area contributed by atoms with Crippen LogP contribution in [0.1, 0.15) is 23.2 Å². The third kappa shape index (κ3) is 6.79. The van der Waals surface area contributed by atoms with Crippen LogP contribution in [-0.4, -0.2) is 32.3 Å². The molecule has 0 atom stereocenters. The first-order valence-electron chi connectivity index (χ1n) is 10.9. The molecule has 2 amide bonds. The van der Waals surface area contributed by atoms with Gasteiger partial charge in [0.2, 0.25) is 11.8 Å². The van der Waals surface area contributed by atoms with Crippen molar-refractivity contribution in [2.75, 3.05) is 16.4 Å². The third-order valence-corrected chi connectivity index (χ3v) is 6.84. The van der Waals surface area contributed by atoms with Crippen LogP contribution < -0.4 is 10.6 Å². The number of thiophene rings is 1. The van der Waals surface area contributed by atoms with Crippen molar-refractivity contribution >= 4 is 46.3 Å². The zero-order chi connectivity index (χ0) is 23.8. The second-order valence-electron chi connectivity index (χ2n) is 7.64. The van der Waals surface area contributed by atoms with E-state index >= 15 is 0 Å². The van der Waals surface area contributed by atoms with Gasteiger partial charge in [0.1, 0.15) is 5.82 Å². The molecule has 0 unspecified atom stereocenters. The molecule has 9 heteroatoms. The highest BCUT2D eigenvalue weighted by Gasteiger charge is 2.15. The number of hydrogen-bond donors (Lipinski definition) is 2. The Morgan fingerprint density at radius 2 is 1.68 bits per heavy atom. The fraction of sp³-hybridized carbons (Fsp3) is 0.200. The quantitative estimate of drug-likeness (QED) is 0.309. The van der Waals surface area contributed by atoms with E-state index in [0.29, 0.717) is 17.8 Å². The predicted molar refractivity (Wildman–Crippen MR) is 137 cm³/mol. The Bertz CT molecular complexity index is 1220. The molecule has 0 aliphatic rings. The molecule has 2 heterocycles. The van der Waals surface area contributed by atoms with Crippen LogP contribution in [0, 0.1) is 0 Å². The topological polar surface area (TPSA) is 88.9 Å². The smallest absolute Gasteiger partial charge is 0.234 e. The molecule has 2 aromatic carbocycles. The predicted octanol–water partition coefficient (Wildman–Crippen LogP) is 4.86. The van der Waals surface area contributed by atoms with Gasteiger partial charge in [0.15, 0.2) is 5.16 Å². The van der Waals surface area contributed by atoms with E-state index in [9.17, 15) is 9.59 Å². The average Bonchev–Trinajstić information content (AvgIpc) is 3.48. The van der Waals surface area contributed by atoms with Crippen molar-refractivity contribution in [1.29, 1.82) is 0 Å². The summed E-state index contributed by atoms with van der Waals surface area (Å²) >= 11 is 3.08. The molecule has 0 spiro atoms. The number of aryl methyl sites for hydroxylation is 1. The maximum absolute atomic E-state index is 12.5.